The summed E-state index contributed by atoms with van der Waals surface area (Å²) in [5.41, 5.74) is 0.543. The fourth-order valence-electron chi connectivity index (χ4n) is 1.45. The molecular formula is C11H10FNO2S. The van der Waals surface area contributed by atoms with Gasteiger partial charge < -0.3 is 4.74 Å². The van der Waals surface area contributed by atoms with Crippen molar-refractivity contribution < 1.29 is 13.9 Å². The highest BCUT2D eigenvalue weighted by Gasteiger charge is 2.19. The van der Waals surface area contributed by atoms with Crippen molar-refractivity contribution in [1.29, 1.82) is 0 Å². The van der Waals surface area contributed by atoms with Crippen LogP contribution in [0.2, 0.25) is 0 Å². The Hall–Kier alpha value is -1.36. The fourth-order valence-corrected chi connectivity index (χ4v) is 2.49. The molecule has 3 nitrogen and oxygen atoms in total. The summed E-state index contributed by atoms with van der Waals surface area (Å²) < 4.78 is 17.9. The predicted octanol–water partition coefficient (Wildman–Crippen LogP) is 2.24. The third-order valence-electron chi connectivity index (χ3n) is 2.15. The Bertz CT molecular complexity index is 448. The van der Waals surface area contributed by atoms with Crippen LogP contribution >= 0.6 is 11.8 Å². The van der Waals surface area contributed by atoms with Crippen LogP contribution in [0, 0.1) is 5.82 Å². The highest BCUT2D eigenvalue weighted by molar-refractivity contribution is 8.14. The molecule has 1 aromatic rings. The van der Waals surface area contributed by atoms with E-state index in [4.69, 9.17) is 4.74 Å². The number of carbonyl (C=O) groups excluding carboxylic acids is 1. The molecule has 2 rings (SSSR count). The molecule has 1 aromatic carbocycles. The van der Waals surface area contributed by atoms with E-state index in [1.165, 1.54) is 30.0 Å². The molecule has 0 N–H and O–H groups in total. The fraction of sp³-hybridized carbons (Fsp3) is 0.273. The van der Waals surface area contributed by atoms with Crippen molar-refractivity contribution in [3.05, 3.63) is 29.6 Å². The Morgan fingerprint density at radius 3 is 3.06 bits per heavy atom. The number of ether oxygens (including phenoxy) is 1. The Kier molecular flexibility index (Phi) is 3.24. The lowest BCUT2D eigenvalue weighted by atomic mass is 10.2. The Morgan fingerprint density at radius 1 is 1.62 bits per heavy atom. The lowest BCUT2D eigenvalue weighted by molar-refractivity contribution is -0.120. The zero-order valence-electron chi connectivity index (χ0n) is 8.64. The SMILES string of the molecule is C[C@H]1CSC(c2cc(F)ccc2OC=O)=N1. The summed E-state index contributed by atoms with van der Waals surface area (Å²) in [5, 5.41) is 0.726. The van der Waals surface area contributed by atoms with Crippen LogP contribution in [0.15, 0.2) is 23.2 Å². The van der Waals surface area contributed by atoms with E-state index in [9.17, 15) is 9.18 Å². The standard InChI is InChI=1S/C11H10FNO2S/c1-7-5-16-11(13-7)9-4-8(12)2-3-10(9)15-6-14/h2-4,6-7H,5H2,1H3/t7-/m0/s1. The van der Waals surface area contributed by atoms with E-state index in [0.29, 0.717) is 17.8 Å². The van der Waals surface area contributed by atoms with E-state index in [1.807, 2.05) is 6.92 Å². The molecule has 0 aliphatic carbocycles. The van der Waals surface area contributed by atoms with Crippen LogP contribution in [0.25, 0.3) is 0 Å². The van der Waals surface area contributed by atoms with Gasteiger partial charge in [0.15, 0.2) is 0 Å². The molecule has 5 heteroatoms. The van der Waals surface area contributed by atoms with Crippen LogP contribution in [0.5, 0.6) is 5.75 Å². The van der Waals surface area contributed by atoms with Gasteiger partial charge in [0.2, 0.25) is 0 Å². The number of carbonyl (C=O) groups is 1. The summed E-state index contributed by atoms with van der Waals surface area (Å²) in [6.07, 6.45) is 0. The van der Waals surface area contributed by atoms with Crippen LogP contribution in [-0.2, 0) is 4.79 Å². The van der Waals surface area contributed by atoms with Gasteiger partial charge in [-0.2, -0.15) is 0 Å². The molecule has 16 heavy (non-hydrogen) atoms. The van der Waals surface area contributed by atoms with E-state index in [2.05, 4.69) is 4.99 Å². The normalized spacial score (nSPS) is 19.4. The first-order valence-electron chi connectivity index (χ1n) is 4.81. The topological polar surface area (TPSA) is 38.7 Å². The van der Waals surface area contributed by atoms with Crippen molar-refractivity contribution in [3.63, 3.8) is 0 Å². The van der Waals surface area contributed by atoms with Gasteiger partial charge in [-0.05, 0) is 25.1 Å². The minimum absolute atomic E-state index is 0.215. The first kappa shape index (κ1) is 11.1. The first-order chi connectivity index (χ1) is 7.70. The van der Waals surface area contributed by atoms with Crippen LogP contribution in [-0.4, -0.2) is 23.3 Å². The minimum Gasteiger partial charge on any atom is -0.428 e. The lowest BCUT2D eigenvalue weighted by Gasteiger charge is -2.06. The molecule has 84 valence electrons. The van der Waals surface area contributed by atoms with E-state index < -0.39 is 0 Å². The van der Waals surface area contributed by atoms with Crippen LogP contribution < -0.4 is 4.74 Å². The van der Waals surface area contributed by atoms with Crippen molar-refractivity contribution in [2.24, 2.45) is 4.99 Å². The van der Waals surface area contributed by atoms with Crippen molar-refractivity contribution in [2.75, 3.05) is 5.75 Å². The number of aliphatic imine (C=N–C) groups is 1. The maximum absolute atomic E-state index is 13.1. The van der Waals surface area contributed by atoms with Gasteiger partial charge in [0.05, 0.1) is 11.6 Å². The average Bonchev–Trinajstić information content (AvgIpc) is 2.68. The molecule has 1 atom stereocenters. The molecule has 0 fully saturated rings. The monoisotopic (exact) mass is 239 g/mol. The van der Waals surface area contributed by atoms with Gasteiger partial charge in [-0.25, -0.2) is 4.39 Å². The van der Waals surface area contributed by atoms with Crippen LogP contribution in [0.3, 0.4) is 0 Å². The highest BCUT2D eigenvalue weighted by Crippen LogP contribution is 2.29. The number of nitrogens with zero attached hydrogens (tertiary/aromatic N) is 1. The maximum atomic E-state index is 13.1. The highest BCUT2D eigenvalue weighted by atomic mass is 32.2. The lowest BCUT2D eigenvalue weighted by Crippen LogP contribution is -2.00. The number of halogens is 1. The molecule has 1 aliphatic rings. The Labute approximate surface area is 96.7 Å². The molecule has 0 saturated heterocycles. The van der Waals surface area contributed by atoms with Crippen LogP contribution in [0.4, 0.5) is 4.39 Å². The van der Waals surface area contributed by atoms with E-state index in [1.54, 1.807) is 0 Å². The van der Waals surface area contributed by atoms with Gasteiger partial charge in [-0.1, -0.05) is 0 Å². The summed E-state index contributed by atoms with van der Waals surface area (Å²) in [4.78, 5) is 14.7. The number of thioether (sulfide) groups is 1. The zero-order valence-corrected chi connectivity index (χ0v) is 9.46. The van der Waals surface area contributed by atoms with Gasteiger partial charge in [-0.15, -0.1) is 11.8 Å². The van der Waals surface area contributed by atoms with Gasteiger partial charge in [0.1, 0.15) is 16.6 Å². The number of rotatable bonds is 3. The Balaban J connectivity index is 2.41. The average molecular weight is 239 g/mol. The third-order valence-corrected chi connectivity index (χ3v) is 3.39. The summed E-state index contributed by atoms with van der Waals surface area (Å²) >= 11 is 1.54. The van der Waals surface area contributed by atoms with E-state index in [-0.39, 0.29) is 11.9 Å². The van der Waals surface area contributed by atoms with Crippen molar-refractivity contribution in [1.82, 2.24) is 0 Å². The smallest absolute Gasteiger partial charge is 0.298 e. The molecule has 0 amide bonds. The number of hydrogen-bond acceptors (Lipinski definition) is 4. The molecule has 0 bridgehead atoms. The van der Waals surface area contributed by atoms with E-state index in [0.717, 1.165) is 10.8 Å². The molecule has 0 saturated carbocycles. The molecule has 1 heterocycles. The Morgan fingerprint density at radius 2 is 2.44 bits per heavy atom. The van der Waals surface area contributed by atoms with Gasteiger partial charge in [0.25, 0.3) is 6.47 Å². The molecule has 0 spiro atoms. The van der Waals surface area contributed by atoms with Gasteiger partial charge in [0, 0.05) is 5.75 Å². The maximum Gasteiger partial charge on any atom is 0.298 e. The van der Waals surface area contributed by atoms with Crippen LogP contribution in [0.1, 0.15) is 12.5 Å². The molecular weight excluding hydrogens is 229 g/mol. The number of benzene rings is 1. The van der Waals surface area contributed by atoms with Gasteiger partial charge >= 0.3 is 0 Å². The van der Waals surface area contributed by atoms with Gasteiger partial charge in [-0.3, -0.25) is 9.79 Å². The second kappa shape index (κ2) is 4.65. The molecule has 0 unspecified atom stereocenters. The zero-order chi connectivity index (χ0) is 11.5. The summed E-state index contributed by atoms with van der Waals surface area (Å²) in [6, 6.07) is 4.24. The third kappa shape index (κ3) is 2.24. The number of hydrogen-bond donors (Lipinski definition) is 0. The second-order valence-electron chi connectivity index (χ2n) is 3.45. The minimum atomic E-state index is -0.365. The predicted molar refractivity (Wildman–Crippen MR) is 61.5 cm³/mol. The summed E-state index contributed by atoms with van der Waals surface area (Å²) in [5.74, 6) is 0.847. The molecule has 0 aromatic heterocycles. The van der Waals surface area contributed by atoms with Crippen molar-refractivity contribution in [3.8, 4) is 5.75 Å². The quantitative estimate of drug-likeness (QED) is 0.759. The first-order valence-corrected chi connectivity index (χ1v) is 5.80. The second-order valence-corrected chi connectivity index (χ2v) is 4.46. The largest absolute Gasteiger partial charge is 0.428 e. The summed E-state index contributed by atoms with van der Waals surface area (Å²) in [7, 11) is 0. The molecule has 0 radical (unpaired) electrons. The van der Waals surface area contributed by atoms with Crippen molar-refractivity contribution in [2.45, 2.75) is 13.0 Å². The molecule has 1 aliphatic heterocycles. The van der Waals surface area contributed by atoms with Crippen molar-refractivity contribution >= 4 is 23.3 Å². The van der Waals surface area contributed by atoms with E-state index >= 15 is 0 Å². The summed E-state index contributed by atoms with van der Waals surface area (Å²) in [6.45, 7) is 2.32.